The lowest BCUT2D eigenvalue weighted by Gasteiger charge is -2.20. The third-order valence-electron chi connectivity index (χ3n) is 3.24. The van der Waals surface area contributed by atoms with Crippen LogP contribution in [-0.2, 0) is 4.79 Å². The molecular formula is C13H19N3O. The summed E-state index contributed by atoms with van der Waals surface area (Å²) in [6, 6.07) is 7.82. The Balaban J connectivity index is 2.03. The van der Waals surface area contributed by atoms with Gasteiger partial charge in [-0.25, -0.2) is 0 Å². The fraction of sp³-hybridized carbons (Fsp3) is 0.462. The minimum atomic E-state index is 0.127. The highest BCUT2D eigenvalue weighted by molar-refractivity contribution is 5.79. The van der Waals surface area contributed by atoms with Crippen molar-refractivity contribution < 1.29 is 4.79 Å². The van der Waals surface area contributed by atoms with Crippen molar-refractivity contribution in [1.82, 2.24) is 4.90 Å². The highest BCUT2D eigenvalue weighted by atomic mass is 16.2. The van der Waals surface area contributed by atoms with Crippen molar-refractivity contribution in [3.05, 3.63) is 24.3 Å². The van der Waals surface area contributed by atoms with Gasteiger partial charge in [0.2, 0.25) is 5.91 Å². The number of nitrogens with zero attached hydrogens (tertiary/aromatic N) is 2. The summed E-state index contributed by atoms with van der Waals surface area (Å²) in [5.41, 5.74) is 7.58. The molecule has 1 amide bonds. The van der Waals surface area contributed by atoms with Crippen LogP contribution in [0, 0.1) is 5.92 Å². The van der Waals surface area contributed by atoms with Crippen molar-refractivity contribution in [2.24, 2.45) is 5.92 Å². The second-order valence-corrected chi connectivity index (χ2v) is 4.76. The van der Waals surface area contributed by atoms with Crippen LogP contribution in [0.2, 0.25) is 0 Å². The van der Waals surface area contributed by atoms with E-state index in [1.54, 1.807) is 4.90 Å². The van der Waals surface area contributed by atoms with Crippen molar-refractivity contribution in [2.75, 3.05) is 37.8 Å². The molecular weight excluding hydrogens is 214 g/mol. The lowest BCUT2D eigenvalue weighted by atomic mass is 10.1. The third-order valence-corrected chi connectivity index (χ3v) is 3.24. The molecule has 1 aromatic rings. The van der Waals surface area contributed by atoms with Gasteiger partial charge < -0.3 is 15.5 Å². The topological polar surface area (TPSA) is 49.6 Å². The van der Waals surface area contributed by atoms with E-state index in [0.29, 0.717) is 0 Å². The van der Waals surface area contributed by atoms with Gasteiger partial charge >= 0.3 is 0 Å². The van der Waals surface area contributed by atoms with E-state index >= 15 is 0 Å². The lowest BCUT2D eigenvalue weighted by molar-refractivity contribution is -0.132. The second kappa shape index (κ2) is 4.65. The van der Waals surface area contributed by atoms with E-state index in [0.717, 1.165) is 30.9 Å². The molecule has 2 rings (SSSR count). The maximum atomic E-state index is 11.9. The number of nitrogens with two attached hydrogens (primary N) is 1. The first-order chi connectivity index (χ1) is 8.08. The monoisotopic (exact) mass is 233 g/mol. The van der Waals surface area contributed by atoms with Gasteiger partial charge in [0.05, 0.1) is 5.92 Å². The van der Waals surface area contributed by atoms with Crippen LogP contribution in [0.25, 0.3) is 0 Å². The molecule has 1 heterocycles. The zero-order chi connectivity index (χ0) is 12.4. The molecule has 1 fully saturated rings. The smallest absolute Gasteiger partial charge is 0.227 e. The molecule has 4 nitrogen and oxygen atoms in total. The number of benzene rings is 1. The van der Waals surface area contributed by atoms with E-state index in [9.17, 15) is 4.79 Å². The van der Waals surface area contributed by atoms with Crippen LogP contribution in [0.4, 0.5) is 11.4 Å². The van der Waals surface area contributed by atoms with E-state index < -0.39 is 0 Å². The summed E-state index contributed by atoms with van der Waals surface area (Å²) in [6.07, 6.45) is 0.932. The van der Waals surface area contributed by atoms with Gasteiger partial charge in [-0.1, -0.05) is 0 Å². The molecule has 92 valence electrons. The number of anilines is 2. The summed E-state index contributed by atoms with van der Waals surface area (Å²) in [7, 11) is 3.63. The third kappa shape index (κ3) is 2.52. The van der Waals surface area contributed by atoms with Crippen molar-refractivity contribution in [3.63, 3.8) is 0 Å². The summed E-state index contributed by atoms with van der Waals surface area (Å²) in [5.74, 6) is 0.352. The number of nitrogen functional groups attached to an aromatic ring is 1. The van der Waals surface area contributed by atoms with Crippen molar-refractivity contribution in [1.29, 1.82) is 0 Å². The Morgan fingerprint density at radius 1 is 1.35 bits per heavy atom. The highest BCUT2D eigenvalue weighted by Gasteiger charge is 2.29. The Morgan fingerprint density at radius 3 is 2.59 bits per heavy atom. The molecule has 4 heteroatoms. The molecule has 1 aliphatic rings. The van der Waals surface area contributed by atoms with Crippen LogP contribution >= 0.6 is 0 Å². The van der Waals surface area contributed by atoms with Crippen molar-refractivity contribution in [3.8, 4) is 0 Å². The Morgan fingerprint density at radius 2 is 2.00 bits per heavy atom. The minimum absolute atomic E-state index is 0.127. The van der Waals surface area contributed by atoms with Crippen LogP contribution in [0.3, 0.4) is 0 Å². The molecule has 0 saturated carbocycles. The SMILES string of the molecule is CN(C)C(=O)[C@H]1CCN(c2ccc(N)cc2)C1. The zero-order valence-electron chi connectivity index (χ0n) is 10.4. The van der Waals surface area contributed by atoms with Gasteiger partial charge in [-0.05, 0) is 30.7 Å². The van der Waals surface area contributed by atoms with Crippen LogP contribution in [0.15, 0.2) is 24.3 Å². The van der Waals surface area contributed by atoms with Crippen molar-refractivity contribution in [2.45, 2.75) is 6.42 Å². The summed E-state index contributed by atoms with van der Waals surface area (Å²) < 4.78 is 0. The fourth-order valence-electron chi connectivity index (χ4n) is 2.25. The van der Waals surface area contributed by atoms with Crippen molar-refractivity contribution >= 4 is 17.3 Å². The Labute approximate surface area is 102 Å². The quantitative estimate of drug-likeness (QED) is 0.780. The molecule has 0 radical (unpaired) electrons. The first kappa shape index (κ1) is 11.8. The fourth-order valence-corrected chi connectivity index (χ4v) is 2.25. The summed E-state index contributed by atoms with van der Waals surface area (Å²) in [6.45, 7) is 1.75. The van der Waals surface area contributed by atoms with Gasteiger partial charge in [-0.2, -0.15) is 0 Å². The Hall–Kier alpha value is -1.71. The number of hydrogen-bond donors (Lipinski definition) is 1. The predicted molar refractivity (Wildman–Crippen MR) is 69.9 cm³/mol. The second-order valence-electron chi connectivity index (χ2n) is 4.76. The molecule has 0 aromatic heterocycles. The predicted octanol–water partition coefficient (Wildman–Crippen LogP) is 1.18. The van der Waals surface area contributed by atoms with Crippen LogP contribution in [-0.4, -0.2) is 38.0 Å². The molecule has 0 bridgehead atoms. The maximum Gasteiger partial charge on any atom is 0.227 e. The lowest BCUT2D eigenvalue weighted by Crippen LogP contribution is -2.31. The van der Waals surface area contributed by atoms with Gasteiger partial charge in [0.1, 0.15) is 0 Å². The summed E-state index contributed by atoms with van der Waals surface area (Å²) >= 11 is 0. The molecule has 0 unspecified atom stereocenters. The van der Waals surface area contributed by atoms with Crippen LogP contribution < -0.4 is 10.6 Å². The van der Waals surface area contributed by atoms with Gasteiger partial charge in [0.15, 0.2) is 0 Å². The summed E-state index contributed by atoms with van der Waals surface area (Å²) in [4.78, 5) is 15.8. The molecule has 1 atom stereocenters. The van der Waals surface area contributed by atoms with Gasteiger partial charge in [-0.15, -0.1) is 0 Å². The van der Waals surface area contributed by atoms with Gasteiger partial charge in [0, 0.05) is 38.6 Å². The maximum absolute atomic E-state index is 11.9. The number of amides is 1. The van der Waals surface area contributed by atoms with Gasteiger partial charge in [0.25, 0.3) is 0 Å². The Kier molecular flexibility index (Phi) is 3.22. The molecule has 1 aromatic carbocycles. The van der Waals surface area contributed by atoms with Crippen LogP contribution in [0.1, 0.15) is 6.42 Å². The average molecular weight is 233 g/mol. The first-order valence-corrected chi connectivity index (χ1v) is 5.89. The van der Waals surface area contributed by atoms with E-state index in [4.69, 9.17) is 5.73 Å². The zero-order valence-corrected chi connectivity index (χ0v) is 10.4. The van der Waals surface area contributed by atoms with E-state index in [1.165, 1.54) is 0 Å². The molecule has 1 saturated heterocycles. The highest BCUT2D eigenvalue weighted by Crippen LogP contribution is 2.25. The largest absolute Gasteiger partial charge is 0.399 e. The number of rotatable bonds is 2. The molecule has 17 heavy (non-hydrogen) atoms. The van der Waals surface area contributed by atoms with Crippen LogP contribution in [0.5, 0.6) is 0 Å². The van der Waals surface area contributed by atoms with Gasteiger partial charge in [-0.3, -0.25) is 4.79 Å². The minimum Gasteiger partial charge on any atom is -0.399 e. The molecule has 0 aliphatic carbocycles. The Bertz CT molecular complexity index is 400. The van der Waals surface area contributed by atoms with E-state index in [2.05, 4.69) is 4.90 Å². The number of hydrogen-bond acceptors (Lipinski definition) is 3. The number of carbonyl (C=O) groups excluding carboxylic acids is 1. The molecule has 0 spiro atoms. The van der Waals surface area contributed by atoms with E-state index in [1.807, 2.05) is 38.4 Å². The number of carbonyl (C=O) groups is 1. The first-order valence-electron chi connectivity index (χ1n) is 5.89. The summed E-state index contributed by atoms with van der Waals surface area (Å²) in [5, 5.41) is 0. The molecule has 1 aliphatic heterocycles. The molecule has 2 N–H and O–H groups in total. The normalized spacial score (nSPS) is 19.4. The standard InChI is InChI=1S/C13H19N3O/c1-15(2)13(17)10-7-8-16(9-10)12-5-3-11(14)4-6-12/h3-6,10H,7-9,14H2,1-2H3/t10-/m0/s1. The van der Waals surface area contributed by atoms with E-state index in [-0.39, 0.29) is 11.8 Å². The average Bonchev–Trinajstić information content (AvgIpc) is 2.78.